The van der Waals surface area contributed by atoms with Crippen molar-refractivity contribution >= 4 is 63.8 Å². The topological polar surface area (TPSA) is 0 Å². The molecule has 0 fully saturated rings. The molecule has 11 rings (SSSR count). The minimum Gasteiger partial charge on any atom is -0.135 e. The van der Waals surface area contributed by atoms with Crippen LogP contribution in [-0.4, -0.2) is 0 Å². The fraction of sp³-hybridized carbons (Fsp3) is 0.0588. The van der Waals surface area contributed by atoms with Gasteiger partial charge < -0.3 is 0 Å². The highest BCUT2D eigenvalue weighted by atomic mass is 32.1. The van der Waals surface area contributed by atoms with Crippen LogP contribution in [0.15, 0.2) is 170 Å². The van der Waals surface area contributed by atoms with Gasteiger partial charge in [0.1, 0.15) is 0 Å². The van der Waals surface area contributed by atoms with E-state index in [1.165, 1.54) is 108 Å². The Bertz CT molecular complexity index is 3040. The van der Waals surface area contributed by atoms with E-state index < -0.39 is 0 Å². The summed E-state index contributed by atoms with van der Waals surface area (Å²) in [5.74, 6) is 0. The summed E-state index contributed by atoms with van der Waals surface area (Å²) < 4.78 is 2.67. The molecule has 9 aromatic carbocycles. The molecule has 1 heteroatoms. The molecule has 1 aliphatic carbocycles. The number of hydrogen-bond donors (Lipinski definition) is 0. The first-order chi connectivity index (χ1) is 25.5. The number of rotatable bonds is 3. The lowest BCUT2D eigenvalue weighted by molar-refractivity contribution is 0.661. The van der Waals surface area contributed by atoms with Gasteiger partial charge in [-0.1, -0.05) is 153 Å². The van der Waals surface area contributed by atoms with Crippen molar-refractivity contribution in [3.8, 4) is 44.5 Å². The molecule has 0 N–H and O–H groups in total. The molecule has 0 bridgehead atoms. The minimum absolute atomic E-state index is 0.0459. The van der Waals surface area contributed by atoms with Crippen LogP contribution >= 0.6 is 11.3 Å². The van der Waals surface area contributed by atoms with Crippen LogP contribution in [0.4, 0.5) is 0 Å². The fourth-order valence-corrected chi connectivity index (χ4v) is 10.3. The third kappa shape index (κ3) is 4.21. The zero-order valence-corrected chi connectivity index (χ0v) is 29.9. The monoisotopic (exact) mass is 678 g/mol. The van der Waals surface area contributed by atoms with Crippen LogP contribution in [0.2, 0.25) is 0 Å². The molecule has 1 aliphatic rings. The third-order valence-electron chi connectivity index (χ3n) is 11.6. The van der Waals surface area contributed by atoms with Gasteiger partial charge in [0.2, 0.25) is 0 Å². The maximum Gasteiger partial charge on any atom is 0.0355 e. The molecular weight excluding hydrogens is 645 g/mol. The first-order valence-corrected chi connectivity index (χ1v) is 19.0. The van der Waals surface area contributed by atoms with Crippen molar-refractivity contribution < 1.29 is 0 Å². The van der Waals surface area contributed by atoms with E-state index in [0.29, 0.717) is 0 Å². The zero-order valence-electron chi connectivity index (χ0n) is 29.1. The number of thiophene rings is 1. The van der Waals surface area contributed by atoms with E-state index in [9.17, 15) is 0 Å². The molecule has 0 nitrogen and oxygen atoms in total. The average molecular weight is 679 g/mol. The maximum absolute atomic E-state index is 2.44. The van der Waals surface area contributed by atoms with Crippen LogP contribution < -0.4 is 0 Å². The fourth-order valence-electron chi connectivity index (χ4n) is 9.19. The van der Waals surface area contributed by atoms with Gasteiger partial charge in [0, 0.05) is 25.6 Å². The van der Waals surface area contributed by atoms with Gasteiger partial charge in [0.05, 0.1) is 0 Å². The highest BCUT2D eigenvalue weighted by molar-refractivity contribution is 7.25. The summed E-state index contributed by atoms with van der Waals surface area (Å²) in [6, 6.07) is 63.6. The summed E-state index contributed by atoms with van der Waals surface area (Å²) in [5, 5.41) is 10.4. The molecule has 244 valence electrons. The van der Waals surface area contributed by atoms with Crippen molar-refractivity contribution in [1.82, 2.24) is 0 Å². The summed E-state index contributed by atoms with van der Waals surface area (Å²) in [6.45, 7) is 4.74. The van der Waals surface area contributed by atoms with E-state index >= 15 is 0 Å². The van der Waals surface area contributed by atoms with Crippen molar-refractivity contribution in [2.45, 2.75) is 19.3 Å². The second kappa shape index (κ2) is 11.0. The molecule has 1 heterocycles. The van der Waals surface area contributed by atoms with E-state index in [2.05, 4.69) is 184 Å². The van der Waals surface area contributed by atoms with Crippen LogP contribution in [0.3, 0.4) is 0 Å². The smallest absolute Gasteiger partial charge is 0.0355 e. The highest BCUT2D eigenvalue weighted by Crippen LogP contribution is 2.52. The molecule has 0 saturated carbocycles. The Balaban J connectivity index is 1.11. The number of hydrogen-bond acceptors (Lipinski definition) is 1. The molecule has 0 unspecified atom stereocenters. The van der Waals surface area contributed by atoms with E-state index in [-0.39, 0.29) is 5.41 Å². The first-order valence-electron chi connectivity index (χ1n) is 18.2. The van der Waals surface area contributed by atoms with Gasteiger partial charge in [-0.2, -0.15) is 0 Å². The number of fused-ring (bicyclic) bond motifs is 10. The second-order valence-corrected chi connectivity index (χ2v) is 15.9. The SMILES string of the molecule is CC1(C)c2ccc(-c3cccc(-c4c5ccccc5c(-c5ccc6sc7ccccc7c6c5)c5ccccc45)c3)cc2-c2c1ccc1ccccc21. The first kappa shape index (κ1) is 29.7. The summed E-state index contributed by atoms with van der Waals surface area (Å²) in [6.07, 6.45) is 0. The average Bonchev–Trinajstić information content (AvgIpc) is 3.68. The lowest BCUT2D eigenvalue weighted by Gasteiger charge is -2.21. The van der Waals surface area contributed by atoms with Crippen molar-refractivity contribution in [2.24, 2.45) is 0 Å². The summed E-state index contributed by atoms with van der Waals surface area (Å²) >= 11 is 1.88. The van der Waals surface area contributed by atoms with Gasteiger partial charge >= 0.3 is 0 Å². The van der Waals surface area contributed by atoms with Crippen LogP contribution in [0, 0.1) is 0 Å². The lowest BCUT2D eigenvalue weighted by Crippen LogP contribution is -2.14. The van der Waals surface area contributed by atoms with Gasteiger partial charge in [-0.25, -0.2) is 0 Å². The quantitative estimate of drug-likeness (QED) is 0.163. The molecule has 0 aliphatic heterocycles. The van der Waals surface area contributed by atoms with E-state index in [1.807, 2.05) is 11.3 Å². The molecule has 0 saturated heterocycles. The van der Waals surface area contributed by atoms with Gasteiger partial charge in [0.25, 0.3) is 0 Å². The molecule has 52 heavy (non-hydrogen) atoms. The minimum atomic E-state index is -0.0459. The van der Waals surface area contributed by atoms with Crippen LogP contribution in [0.5, 0.6) is 0 Å². The second-order valence-electron chi connectivity index (χ2n) is 14.8. The molecule has 0 amide bonds. The molecule has 0 spiro atoms. The zero-order chi connectivity index (χ0) is 34.6. The third-order valence-corrected chi connectivity index (χ3v) is 12.8. The van der Waals surface area contributed by atoms with Crippen molar-refractivity contribution in [1.29, 1.82) is 0 Å². The van der Waals surface area contributed by atoms with Gasteiger partial charge in [-0.05, 0) is 118 Å². The van der Waals surface area contributed by atoms with Crippen LogP contribution in [0.1, 0.15) is 25.0 Å². The molecule has 1 aromatic heterocycles. The van der Waals surface area contributed by atoms with E-state index in [1.54, 1.807) is 0 Å². The van der Waals surface area contributed by atoms with Crippen LogP contribution in [0.25, 0.3) is 97.0 Å². The van der Waals surface area contributed by atoms with Crippen molar-refractivity contribution in [3.63, 3.8) is 0 Å². The summed E-state index contributed by atoms with van der Waals surface area (Å²) in [7, 11) is 0. The van der Waals surface area contributed by atoms with E-state index in [0.717, 1.165) is 0 Å². The maximum atomic E-state index is 2.44. The Hall–Kier alpha value is -6.02. The molecule has 0 radical (unpaired) electrons. The summed E-state index contributed by atoms with van der Waals surface area (Å²) in [5.41, 5.74) is 13.1. The Morgan fingerprint density at radius 3 is 1.62 bits per heavy atom. The van der Waals surface area contributed by atoms with Crippen LogP contribution in [-0.2, 0) is 5.41 Å². The Labute approximate surface area is 307 Å². The predicted octanol–water partition coefficient (Wildman–Crippen LogP) is 14.8. The Morgan fingerprint density at radius 2 is 0.885 bits per heavy atom. The Morgan fingerprint density at radius 1 is 0.346 bits per heavy atom. The number of benzene rings is 9. The Kier molecular flexibility index (Phi) is 6.27. The lowest BCUT2D eigenvalue weighted by atomic mass is 9.81. The molecule has 0 atom stereocenters. The summed E-state index contributed by atoms with van der Waals surface area (Å²) in [4.78, 5) is 0. The van der Waals surface area contributed by atoms with Gasteiger partial charge in [-0.3, -0.25) is 0 Å². The van der Waals surface area contributed by atoms with Gasteiger partial charge in [0.15, 0.2) is 0 Å². The molecule has 10 aromatic rings. The van der Waals surface area contributed by atoms with E-state index in [4.69, 9.17) is 0 Å². The largest absolute Gasteiger partial charge is 0.135 e. The van der Waals surface area contributed by atoms with Crippen molar-refractivity contribution in [2.75, 3.05) is 0 Å². The standard InChI is InChI=1S/C51H34S/c1-51(2)44-25-23-33(29-43(44)50-36-15-4-3-12-31(36)22-26-45(50)51)32-13-11-14-34(28-32)48-38-17-5-7-19-40(38)49(41-20-8-6-18-39(41)48)35-24-27-47-42(30-35)37-16-9-10-21-46(37)52-47/h3-30H,1-2H3. The molecular formula is C51H34S. The van der Waals surface area contributed by atoms with Gasteiger partial charge in [-0.15, -0.1) is 11.3 Å². The predicted molar refractivity (Wildman–Crippen MR) is 226 cm³/mol. The van der Waals surface area contributed by atoms with Crippen molar-refractivity contribution in [3.05, 3.63) is 181 Å². The normalized spacial score (nSPS) is 13.3. The highest BCUT2D eigenvalue weighted by Gasteiger charge is 2.36.